The maximum atomic E-state index is 10.9. The van der Waals surface area contributed by atoms with Gasteiger partial charge in [0.15, 0.2) is 0 Å². The Balaban J connectivity index is 3.19. The molecule has 5 N–H and O–H groups in total. The molecule has 5 nitrogen and oxygen atoms in total. The molecule has 0 aliphatic rings. The summed E-state index contributed by atoms with van der Waals surface area (Å²) in [5, 5.41) is 8.91. The third kappa shape index (κ3) is 3.00. The summed E-state index contributed by atoms with van der Waals surface area (Å²) in [5.41, 5.74) is 13.2. The van der Waals surface area contributed by atoms with Gasteiger partial charge in [0.05, 0.1) is 13.2 Å². The minimum absolute atomic E-state index is 0.322. The van der Waals surface area contributed by atoms with Crippen molar-refractivity contribution in [3.63, 3.8) is 0 Å². The van der Waals surface area contributed by atoms with Crippen LogP contribution in [0.3, 0.4) is 0 Å². The molecule has 0 saturated heterocycles. The second-order valence-corrected chi connectivity index (χ2v) is 4.55. The van der Waals surface area contributed by atoms with Gasteiger partial charge in [0, 0.05) is 5.56 Å². The third-order valence-electron chi connectivity index (χ3n) is 2.95. The van der Waals surface area contributed by atoms with Crippen LogP contribution in [0.25, 0.3) is 0 Å². The van der Waals surface area contributed by atoms with Crippen LogP contribution in [-0.2, 0) is 4.79 Å². The topological polar surface area (TPSA) is 98.6 Å². The molecule has 2 atom stereocenters. The number of benzene rings is 1. The summed E-state index contributed by atoms with van der Waals surface area (Å²) in [7, 11) is 1.52. The van der Waals surface area contributed by atoms with Crippen LogP contribution in [0, 0.1) is 0 Å². The fourth-order valence-corrected chi connectivity index (χ4v) is 1.72. The van der Waals surface area contributed by atoms with E-state index >= 15 is 0 Å². The van der Waals surface area contributed by atoms with Gasteiger partial charge < -0.3 is 21.3 Å². The fourth-order valence-electron chi connectivity index (χ4n) is 1.72. The summed E-state index contributed by atoms with van der Waals surface area (Å²) in [4.78, 5) is 10.9. The Kier molecular flexibility index (Phi) is 4.69. The minimum atomic E-state index is -1.15. The first kappa shape index (κ1) is 14.5. The molecule has 0 bridgehead atoms. The third-order valence-corrected chi connectivity index (χ3v) is 2.95. The van der Waals surface area contributed by atoms with Crippen LogP contribution >= 0.6 is 0 Å². The highest BCUT2D eigenvalue weighted by Gasteiger charge is 2.25. The Morgan fingerprint density at radius 3 is 2.39 bits per heavy atom. The quantitative estimate of drug-likeness (QED) is 0.732. The number of ether oxygens (including phenoxy) is 1. The van der Waals surface area contributed by atoms with Gasteiger partial charge in [-0.2, -0.15) is 0 Å². The van der Waals surface area contributed by atoms with E-state index in [9.17, 15) is 4.79 Å². The van der Waals surface area contributed by atoms with E-state index in [1.165, 1.54) is 7.11 Å². The largest absolute Gasteiger partial charge is 0.496 e. The van der Waals surface area contributed by atoms with E-state index < -0.39 is 18.1 Å². The molecule has 0 spiro atoms. The summed E-state index contributed by atoms with van der Waals surface area (Å²) < 4.78 is 5.20. The Hall–Kier alpha value is -1.59. The molecule has 0 saturated carbocycles. The smallest absolute Gasteiger partial charge is 0.322 e. The van der Waals surface area contributed by atoms with Gasteiger partial charge in [-0.15, -0.1) is 0 Å². The van der Waals surface area contributed by atoms with Gasteiger partial charge in [-0.1, -0.05) is 26.0 Å². The molecule has 1 rings (SSSR count). The molecule has 0 fully saturated rings. The standard InChI is InChI=1S/C13H20N2O3/c1-7(2)8-4-5-10(18-3)9(6-8)11(14)12(15)13(16)17/h4-7,11-12H,14-15H2,1-3H3,(H,16,17). The average Bonchev–Trinajstić information content (AvgIpc) is 2.35. The Morgan fingerprint density at radius 2 is 1.94 bits per heavy atom. The highest BCUT2D eigenvalue weighted by atomic mass is 16.5. The van der Waals surface area contributed by atoms with Gasteiger partial charge in [0.1, 0.15) is 11.8 Å². The number of carboxylic acids is 1. The molecule has 1 aromatic carbocycles. The van der Waals surface area contributed by atoms with Gasteiger partial charge >= 0.3 is 5.97 Å². The van der Waals surface area contributed by atoms with Crippen molar-refractivity contribution in [1.29, 1.82) is 0 Å². The number of hydrogen-bond donors (Lipinski definition) is 3. The van der Waals surface area contributed by atoms with Crippen LogP contribution in [0.15, 0.2) is 18.2 Å². The van der Waals surface area contributed by atoms with Crippen molar-refractivity contribution >= 4 is 5.97 Å². The number of carboxylic acid groups (broad SMARTS) is 1. The number of rotatable bonds is 5. The molecule has 5 heteroatoms. The Labute approximate surface area is 107 Å². The zero-order valence-electron chi connectivity index (χ0n) is 10.9. The molecule has 0 aliphatic heterocycles. The van der Waals surface area contributed by atoms with E-state index in [0.717, 1.165) is 5.56 Å². The zero-order chi connectivity index (χ0) is 13.9. The van der Waals surface area contributed by atoms with Crippen molar-refractivity contribution in [3.8, 4) is 5.75 Å². The lowest BCUT2D eigenvalue weighted by Crippen LogP contribution is -2.41. The summed E-state index contributed by atoms with van der Waals surface area (Å²) in [6, 6.07) is 3.64. The van der Waals surface area contributed by atoms with Crippen molar-refractivity contribution < 1.29 is 14.6 Å². The van der Waals surface area contributed by atoms with E-state index in [0.29, 0.717) is 17.2 Å². The highest BCUT2D eigenvalue weighted by molar-refractivity contribution is 5.74. The molecule has 0 amide bonds. The first-order valence-corrected chi connectivity index (χ1v) is 5.80. The number of carbonyl (C=O) groups is 1. The lowest BCUT2D eigenvalue weighted by Gasteiger charge is -2.20. The van der Waals surface area contributed by atoms with Gasteiger partial charge in [-0.25, -0.2) is 0 Å². The van der Waals surface area contributed by atoms with E-state index in [1.54, 1.807) is 6.07 Å². The molecule has 18 heavy (non-hydrogen) atoms. The van der Waals surface area contributed by atoms with E-state index in [2.05, 4.69) is 0 Å². The first-order chi connectivity index (χ1) is 8.38. The zero-order valence-corrected chi connectivity index (χ0v) is 10.9. The van der Waals surface area contributed by atoms with Gasteiger partial charge in [0.2, 0.25) is 0 Å². The lowest BCUT2D eigenvalue weighted by molar-refractivity contribution is -0.139. The lowest BCUT2D eigenvalue weighted by atomic mass is 9.94. The van der Waals surface area contributed by atoms with Gasteiger partial charge in [-0.05, 0) is 17.5 Å². The first-order valence-electron chi connectivity index (χ1n) is 5.80. The number of nitrogens with two attached hydrogens (primary N) is 2. The second-order valence-electron chi connectivity index (χ2n) is 4.55. The van der Waals surface area contributed by atoms with Gasteiger partial charge in [-0.3, -0.25) is 4.79 Å². The Morgan fingerprint density at radius 1 is 1.33 bits per heavy atom. The second kappa shape index (κ2) is 5.84. The summed E-state index contributed by atoms with van der Waals surface area (Å²) >= 11 is 0. The molecule has 0 heterocycles. The highest BCUT2D eigenvalue weighted by Crippen LogP contribution is 2.29. The van der Waals surface area contributed by atoms with Crippen LogP contribution in [-0.4, -0.2) is 24.2 Å². The Bertz CT molecular complexity index is 432. The number of methoxy groups -OCH3 is 1. The van der Waals surface area contributed by atoms with E-state index in [-0.39, 0.29) is 0 Å². The molecule has 2 unspecified atom stereocenters. The fraction of sp³-hybridized carbons (Fsp3) is 0.462. The molecule has 1 aromatic rings. The summed E-state index contributed by atoms with van der Waals surface area (Å²) in [6.45, 7) is 4.10. The number of hydrogen-bond acceptors (Lipinski definition) is 4. The maximum absolute atomic E-state index is 10.9. The molecule has 0 aliphatic carbocycles. The van der Waals surface area contributed by atoms with Gasteiger partial charge in [0.25, 0.3) is 0 Å². The van der Waals surface area contributed by atoms with Crippen molar-refractivity contribution in [2.45, 2.75) is 31.8 Å². The predicted molar refractivity (Wildman–Crippen MR) is 69.6 cm³/mol. The monoisotopic (exact) mass is 252 g/mol. The van der Waals surface area contributed by atoms with Crippen molar-refractivity contribution in [2.24, 2.45) is 11.5 Å². The summed E-state index contributed by atoms with van der Waals surface area (Å²) in [6.07, 6.45) is 0. The molecular formula is C13H20N2O3. The molecule has 100 valence electrons. The molecule has 0 aromatic heterocycles. The average molecular weight is 252 g/mol. The van der Waals surface area contributed by atoms with Crippen molar-refractivity contribution in [1.82, 2.24) is 0 Å². The van der Waals surface area contributed by atoms with Crippen LogP contribution < -0.4 is 16.2 Å². The predicted octanol–water partition coefficient (Wildman–Crippen LogP) is 1.23. The maximum Gasteiger partial charge on any atom is 0.322 e. The summed E-state index contributed by atoms with van der Waals surface area (Å²) in [5.74, 6) is -0.244. The van der Waals surface area contributed by atoms with Crippen LogP contribution in [0.1, 0.15) is 36.9 Å². The van der Waals surface area contributed by atoms with Crippen LogP contribution in [0.5, 0.6) is 5.75 Å². The van der Waals surface area contributed by atoms with E-state index in [4.69, 9.17) is 21.3 Å². The SMILES string of the molecule is COc1ccc(C(C)C)cc1C(N)C(N)C(=O)O. The van der Waals surface area contributed by atoms with Crippen molar-refractivity contribution in [2.75, 3.05) is 7.11 Å². The van der Waals surface area contributed by atoms with E-state index in [1.807, 2.05) is 26.0 Å². The van der Waals surface area contributed by atoms with Crippen LogP contribution in [0.4, 0.5) is 0 Å². The minimum Gasteiger partial charge on any atom is -0.496 e. The van der Waals surface area contributed by atoms with Crippen molar-refractivity contribution in [3.05, 3.63) is 29.3 Å². The molecule has 0 radical (unpaired) electrons. The number of aliphatic carboxylic acids is 1. The molecular weight excluding hydrogens is 232 g/mol. The normalized spacial score (nSPS) is 14.3. The van der Waals surface area contributed by atoms with Crippen LogP contribution in [0.2, 0.25) is 0 Å².